The normalized spacial score (nSPS) is 21.9. The lowest BCUT2D eigenvalue weighted by Gasteiger charge is -2.53. The van der Waals surface area contributed by atoms with Gasteiger partial charge in [-0.3, -0.25) is 4.79 Å². The second kappa shape index (κ2) is 9.76. The summed E-state index contributed by atoms with van der Waals surface area (Å²) in [6.45, 7) is 6.39. The number of carbonyl (C=O) groups excluding carboxylic acids is 2. The number of carbonyl (C=O) groups is 2. The molecule has 200 valence electrons. The fourth-order valence-corrected chi connectivity index (χ4v) is 6.22. The monoisotopic (exact) mass is 524 g/mol. The van der Waals surface area contributed by atoms with Crippen molar-refractivity contribution in [1.82, 2.24) is 0 Å². The van der Waals surface area contributed by atoms with Crippen LogP contribution in [0.2, 0.25) is 0 Å². The van der Waals surface area contributed by atoms with E-state index in [-0.39, 0.29) is 17.9 Å². The van der Waals surface area contributed by atoms with Crippen molar-refractivity contribution in [1.29, 1.82) is 0 Å². The zero-order valence-electron chi connectivity index (χ0n) is 22.5. The van der Waals surface area contributed by atoms with E-state index < -0.39 is 5.41 Å². The van der Waals surface area contributed by atoms with Crippen LogP contribution in [0, 0.1) is 5.41 Å². The van der Waals surface area contributed by atoms with Crippen LogP contribution in [-0.4, -0.2) is 57.0 Å². The van der Waals surface area contributed by atoms with Crippen LogP contribution in [0.1, 0.15) is 29.8 Å². The number of benzene rings is 3. The van der Waals surface area contributed by atoms with Crippen LogP contribution in [0.25, 0.3) is 0 Å². The molecule has 0 saturated carbocycles. The van der Waals surface area contributed by atoms with Crippen molar-refractivity contribution >= 4 is 34.7 Å². The fraction of sp³-hybridized carbons (Fsp3) is 0.323. The number of rotatable bonds is 5. The van der Waals surface area contributed by atoms with Crippen molar-refractivity contribution in [3.8, 4) is 5.75 Å². The van der Waals surface area contributed by atoms with Crippen LogP contribution < -0.4 is 19.5 Å². The molecule has 0 bridgehead atoms. The first-order valence-corrected chi connectivity index (χ1v) is 13.4. The second-order valence-electron chi connectivity index (χ2n) is 10.2. The third-order valence-electron chi connectivity index (χ3n) is 8.25. The third kappa shape index (κ3) is 4.02. The Morgan fingerprint density at radius 1 is 1.00 bits per heavy atom. The van der Waals surface area contributed by atoms with Gasteiger partial charge in [0.25, 0.3) is 5.91 Å². The number of anilines is 3. The van der Waals surface area contributed by atoms with Gasteiger partial charge >= 0.3 is 5.97 Å². The molecule has 1 spiro atoms. The summed E-state index contributed by atoms with van der Waals surface area (Å²) in [4.78, 5) is 31.4. The molecule has 0 aliphatic carbocycles. The van der Waals surface area contributed by atoms with E-state index in [1.807, 2.05) is 25.1 Å². The first-order chi connectivity index (χ1) is 19.0. The molecule has 0 N–H and O–H groups in total. The highest BCUT2D eigenvalue weighted by molar-refractivity contribution is 6.20. The van der Waals surface area contributed by atoms with Crippen molar-refractivity contribution in [3.63, 3.8) is 0 Å². The topological polar surface area (TPSA) is 74.7 Å². The summed E-state index contributed by atoms with van der Waals surface area (Å²) in [5.74, 6) is 0.400. The second-order valence-corrected chi connectivity index (χ2v) is 10.2. The zero-order chi connectivity index (χ0) is 27.1. The lowest BCUT2D eigenvalue weighted by molar-refractivity contribution is -0.125. The minimum Gasteiger partial charge on any atom is -0.497 e. The number of methoxy groups -OCH3 is 1. The van der Waals surface area contributed by atoms with Crippen LogP contribution in [-0.2, 0) is 16.0 Å². The van der Waals surface area contributed by atoms with Gasteiger partial charge in [0, 0.05) is 31.0 Å². The minimum atomic E-state index is -0.806. The number of esters is 1. The van der Waals surface area contributed by atoms with Gasteiger partial charge in [0.15, 0.2) is 0 Å². The minimum absolute atomic E-state index is 0.0371. The van der Waals surface area contributed by atoms with Crippen LogP contribution in [0.15, 0.2) is 77.9 Å². The third-order valence-corrected chi connectivity index (χ3v) is 8.25. The van der Waals surface area contributed by atoms with Crippen LogP contribution in [0.5, 0.6) is 5.75 Å². The smallest absolute Gasteiger partial charge is 0.338 e. The Morgan fingerprint density at radius 2 is 1.72 bits per heavy atom. The van der Waals surface area contributed by atoms with Gasteiger partial charge < -0.3 is 19.3 Å². The van der Waals surface area contributed by atoms with Gasteiger partial charge in [-0.15, -0.1) is 0 Å². The van der Waals surface area contributed by atoms with Gasteiger partial charge in [0.2, 0.25) is 0 Å². The fourth-order valence-electron chi connectivity index (χ4n) is 6.22. The molecule has 0 aromatic heterocycles. The summed E-state index contributed by atoms with van der Waals surface area (Å²) in [5.41, 5.74) is 4.55. The molecular formula is C31H32N4O4. The largest absolute Gasteiger partial charge is 0.497 e. The van der Waals surface area contributed by atoms with E-state index in [9.17, 15) is 9.59 Å². The number of hydrazone groups is 1. The molecule has 1 amide bonds. The summed E-state index contributed by atoms with van der Waals surface area (Å²) in [6.07, 6.45) is 0.590. The molecule has 3 heterocycles. The van der Waals surface area contributed by atoms with Gasteiger partial charge in [0.1, 0.15) is 11.2 Å². The average Bonchev–Trinajstić information content (AvgIpc) is 3.22. The van der Waals surface area contributed by atoms with E-state index in [0.29, 0.717) is 30.8 Å². The molecule has 1 saturated heterocycles. The van der Waals surface area contributed by atoms with Gasteiger partial charge in [0.05, 0.1) is 36.7 Å². The number of piperazine rings is 1. The molecule has 8 heteroatoms. The molecule has 0 unspecified atom stereocenters. The standard InChI is InChI=1S/C31H32N4O4/c1-4-39-29(36)22-9-11-25(12-10-22)35-30(37)31(21(2)32-35)19-23-7-5-6-8-27(23)34-18-17-33(20-28(31)34)24-13-15-26(38-3)16-14-24/h5-16,28H,4,17-20H2,1-3H3/t28-,31-/m1/s1. The molecule has 39 heavy (non-hydrogen) atoms. The summed E-state index contributed by atoms with van der Waals surface area (Å²) < 4.78 is 10.5. The Balaban J connectivity index is 1.36. The predicted molar refractivity (Wildman–Crippen MR) is 152 cm³/mol. The Hall–Kier alpha value is -4.33. The molecule has 1 fully saturated rings. The van der Waals surface area contributed by atoms with Crippen LogP contribution >= 0.6 is 0 Å². The molecule has 3 aromatic rings. The summed E-state index contributed by atoms with van der Waals surface area (Å²) in [5, 5.41) is 6.35. The molecular weight excluding hydrogens is 492 g/mol. The lowest BCUT2D eigenvalue weighted by Crippen LogP contribution is -2.67. The summed E-state index contributed by atoms with van der Waals surface area (Å²) in [6, 6.07) is 23.3. The molecule has 6 rings (SSSR count). The quantitative estimate of drug-likeness (QED) is 0.457. The van der Waals surface area contributed by atoms with E-state index in [1.54, 1.807) is 38.3 Å². The van der Waals surface area contributed by atoms with Gasteiger partial charge in [-0.1, -0.05) is 18.2 Å². The van der Waals surface area contributed by atoms with E-state index in [1.165, 1.54) is 10.7 Å². The Labute approximate surface area is 228 Å². The van der Waals surface area contributed by atoms with Gasteiger partial charge in [-0.05, 0) is 80.4 Å². The Kier molecular flexibility index (Phi) is 6.25. The van der Waals surface area contributed by atoms with Crippen molar-refractivity contribution in [3.05, 3.63) is 83.9 Å². The highest BCUT2D eigenvalue weighted by atomic mass is 16.5. The Bertz CT molecular complexity index is 1440. The number of nitrogens with zero attached hydrogens (tertiary/aromatic N) is 4. The van der Waals surface area contributed by atoms with E-state index >= 15 is 0 Å². The zero-order valence-corrected chi connectivity index (χ0v) is 22.5. The van der Waals surface area contributed by atoms with Crippen molar-refractivity contribution in [2.24, 2.45) is 10.5 Å². The number of hydrogen-bond donors (Lipinski definition) is 0. The predicted octanol–water partition coefficient (Wildman–Crippen LogP) is 4.53. The Morgan fingerprint density at radius 3 is 2.44 bits per heavy atom. The van der Waals surface area contributed by atoms with Gasteiger partial charge in [-0.25, -0.2) is 4.79 Å². The number of amides is 1. The molecule has 3 aliphatic heterocycles. The molecule has 0 radical (unpaired) electrons. The van der Waals surface area contributed by atoms with Crippen molar-refractivity contribution in [2.75, 3.05) is 48.2 Å². The molecule has 3 aliphatic rings. The summed E-state index contributed by atoms with van der Waals surface area (Å²) in [7, 11) is 1.67. The molecule has 2 atom stereocenters. The molecule has 3 aromatic carbocycles. The highest BCUT2D eigenvalue weighted by Crippen LogP contribution is 2.48. The van der Waals surface area contributed by atoms with E-state index in [0.717, 1.165) is 35.8 Å². The highest BCUT2D eigenvalue weighted by Gasteiger charge is 2.59. The number of hydrogen-bond acceptors (Lipinski definition) is 7. The van der Waals surface area contributed by atoms with Gasteiger partial charge in [-0.2, -0.15) is 10.1 Å². The van der Waals surface area contributed by atoms with E-state index in [2.05, 4.69) is 40.1 Å². The lowest BCUT2D eigenvalue weighted by atomic mass is 9.67. The first kappa shape index (κ1) is 25.0. The maximum absolute atomic E-state index is 14.5. The average molecular weight is 525 g/mol. The van der Waals surface area contributed by atoms with Crippen LogP contribution in [0.3, 0.4) is 0 Å². The SMILES string of the molecule is CCOC(=O)c1ccc(N2N=C(C)[C@@]3(Cc4ccccc4N4CCN(c5ccc(OC)cc5)C[C@@H]43)C2=O)cc1. The van der Waals surface area contributed by atoms with E-state index in [4.69, 9.17) is 14.6 Å². The van der Waals surface area contributed by atoms with Crippen LogP contribution in [0.4, 0.5) is 17.1 Å². The van der Waals surface area contributed by atoms with Crippen molar-refractivity contribution < 1.29 is 19.1 Å². The maximum Gasteiger partial charge on any atom is 0.338 e. The maximum atomic E-state index is 14.5. The number of fused-ring (bicyclic) bond motifs is 4. The number of ether oxygens (including phenoxy) is 2. The van der Waals surface area contributed by atoms with Crippen molar-refractivity contribution in [2.45, 2.75) is 26.3 Å². The first-order valence-electron chi connectivity index (χ1n) is 13.4. The summed E-state index contributed by atoms with van der Waals surface area (Å²) >= 11 is 0. The number of para-hydroxylation sites is 1. The molecule has 8 nitrogen and oxygen atoms in total.